The van der Waals surface area contributed by atoms with E-state index in [0.717, 1.165) is 12.1 Å². The summed E-state index contributed by atoms with van der Waals surface area (Å²) in [5.74, 6) is -25.0. The minimum absolute atomic E-state index is 0.0481. The third kappa shape index (κ3) is 6.07. The Morgan fingerprint density at radius 1 is 0.480 bits per heavy atom. The fraction of sp³-hybridized carbons (Fsp3) is 0.125. The monoisotopic (exact) mass is 712 g/mol. The van der Waals surface area contributed by atoms with Gasteiger partial charge in [-0.05, 0) is 24.3 Å². The summed E-state index contributed by atoms with van der Waals surface area (Å²) in [6, 6.07) is 4.50. The SMILES string of the molecule is O=C1c2c(O)ccc(O)c2C(=O)c2c(NCC/N=C/c3c(F)c(F)c(F)c(F)c3F)ccc(NCC/N=C/c3c(F)c(F)c(F)c(F)c3F)c21. The number of nitrogens with zero attached hydrogens (tertiary/aromatic N) is 2. The van der Waals surface area contributed by atoms with E-state index in [0.29, 0.717) is 12.4 Å². The maximum atomic E-state index is 13.9. The van der Waals surface area contributed by atoms with E-state index in [1.807, 2.05) is 0 Å². The van der Waals surface area contributed by atoms with E-state index >= 15 is 0 Å². The zero-order valence-electron chi connectivity index (χ0n) is 24.7. The molecule has 0 bridgehead atoms. The van der Waals surface area contributed by atoms with Crippen molar-refractivity contribution in [3.63, 3.8) is 0 Å². The second-order valence-corrected chi connectivity index (χ2v) is 10.3. The molecule has 0 amide bonds. The summed E-state index contributed by atoms with van der Waals surface area (Å²) in [7, 11) is 0. The van der Waals surface area contributed by atoms with Crippen LogP contribution in [0.25, 0.3) is 0 Å². The van der Waals surface area contributed by atoms with Crippen LogP contribution in [-0.2, 0) is 0 Å². The van der Waals surface area contributed by atoms with Crippen molar-refractivity contribution >= 4 is 35.4 Å². The second-order valence-electron chi connectivity index (χ2n) is 10.3. The Morgan fingerprint density at radius 3 is 1.10 bits per heavy atom. The molecule has 0 spiro atoms. The molecule has 0 radical (unpaired) electrons. The number of fused-ring (bicyclic) bond motifs is 2. The van der Waals surface area contributed by atoms with E-state index in [1.165, 1.54) is 12.1 Å². The molecule has 18 heteroatoms. The number of anilines is 2. The second kappa shape index (κ2) is 13.9. The predicted octanol–water partition coefficient (Wildman–Crippen LogP) is 6.33. The average Bonchev–Trinajstić information content (AvgIpc) is 3.10. The van der Waals surface area contributed by atoms with Crippen molar-refractivity contribution in [3.8, 4) is 11.5 Å². The highest BCUT2D eigenvalue weighted by Crippen LogP contribution is 2.42. The average molecular weight is 713 g/mol. The molecule has 0 saturated heterocycles. The van der Waals surface area contributed by atoms with Crippen molar-refractivity contribution in [3.05, 3.63) is 116 Å². The first-order chi connectivity index (χ1) is 23.7. The van der Waals surface area contributed by atoms with Crippen LogP contribution in [0.15, 0.2) is 34.3 Å². The zero-order chi connectivity index (χ0) is 36.6. The Kier molecular flexibility index (Phi) is 9.82. The largest absolute Gasteiger partial charge is 0.507 e. The Bertz CT molecular complexity index is 1950. The Balaban J connectivity index is 1.39. The minimum atomic E-state index is -2.35. The molecule has 0 heterocycles. The number of rotatable bonds is 10. The number of phenolic OH excluding ortho intramolecular Hbond substituents is 2. The van der Waals surface area contributed by atoms with E-state index in [9.17, 15) is 63.7 Å². The van der Waals surface area contributed by atoms with Gasteiger partial charge in [-0.3, -0.25) is 19.6 Å². The number of carbonyl (C=O) groups excluding carboxylic acids is 2. The molecule has 0 unspecified atom stereocenters. The number of ketones is 2. The number of phenols is 2. The number of hydrogen-bond donors (Lipinski definition) is 4. The molecule has 4 aromatic rings. The molecule has 5 rings (SSSR count). The van der Waals surface area contributed by atoms with E-state index < -0.39 is 103 Å². The lowest BCUT2D eigenvalue weighted by atomic mass is 9.81. The van der Waals surface area contributed by atoms with Crippen LogP contribution in [0.2, 0.25) is 0 Å². The van der Waals surface area contributed by atoms with Crippen molar-refractivity contribution in [2.45, 2.75) is 0 Å². The molecular formula is C32H18F10N4O4. The molecule has 0 aliphatic heterocycles. The maximum Gasteiger partial charge on any atom is 0.200 e. The van der Waals surface area contributed by atoms with Crippen molar-refractivity contribution < 1.29 is 63.7 Å². The Labute approximate surface area is 273 Å². The fourth-order valence-corrected chi connectivity index (χ4v) is 4.95. The van der Waals surface area contributed by atoms with Crippen molar-refractivity contribution in [1.82, 2.24) is 0 Å². The van der Waals surface area contributed by atoms with Crippen LogP contribution in [0.5, 0.6) is 11.5 Å². The van der Waals surface area contributed by atoms with Gasteiger partial charge in [0.2, 0.25) is 23.2 Å². The smallest absolute Gasteiger partial charge is 0.200 e. The fourth-order valence-electron chi connectivity index (χ4n) is 4.95. The first-order valence-corrected chi connectivity index (χ1v) is 14.0. The number of halogens is 10. The zero-order valence-corrected chi connectivity index (χ0v) is 24.7. The van der Waals surface area contributed by atoms with Gasteiger partial charge in [0.05, 0.1) is 46.5 Å². The van der Waals surface area contributed by atoms with Crippen molar-refractivity contribution in [2.75, 3.05) is 36.8 Å². The van der Waals surface area contributed by atoms with Crippen LogP contribution in [0.1, 0.15) is 43.0 Å². The third-order valence-electron chi connectivity index (χ3n) is 7.32. The van der Waals surface area contributed by atoms with E-state index in [1.54, 1.807) is 0 Å². The minimum Gasteiger partial charge on any atom is -0.507 e. The van der Waals surface area contributed by atoms with Gasteiger partial charge in [0.1, 0.15) is 11.5 Å². The summed E-state index contributed by atoms with van der Waals surface area (Å²) in [6.45, 7) is -1.20. The van der Waals surface area contributed by atoms with Crippen LogP contribution in [0.4, 0.5) is 55.3 Å². The van der Waals surface area contributed by atoms with E-state index in [-0.39, 0.29) is 48.7 Å². The summed E-state index contributed by atoms with van der Waals surface area (Å²) in [5.41, 5.74) is -4.43. The number of carbonyl (C=O) groups is 2. The highest BCUT2D eigenvalue weighted by Gasteiger charge is 2.38. The van der Waals surface area contributed by atoms with Gasteiger partial charge >= 0.3 is 0 Å². The van der Waals surface area contributed by atoms with E-state index in [2.05, 4.69) is 20.6 Å². The summed E-state index contributed by atoms with van der Waals surface area (Å²) >= 11 is 0. The molecule has 50 heavy (non-hydrogen) atoms. The molecule has 4 aromatic carbocycles. The molecule has 260 valence electrons. The van der Waals surface area contributed by atoms with Crippen LogP contribution in [0, 0.1) is 58.2 Å². The summed E-state index contributed by atoms with van der Waals surface area (Å²) < 4.78 is 136. The van der Waals surface area contributed by atoms with Crippen molar-refractivity contribution in [2.24, 2.45) is 9.98 Å². The highest BCUT2D eigenvalue weighted by molar-refractivity contribution is 6.33. The lowest BCUT2D eigenvalue weighted by Gasteiger charge is -2.24. The molecule has 0 aromatic heterocycles. The number of aromatic hydroxyl groups is 2. The van der Waals surface area contributed by atoms with Gasteiger partial charge in [-0.25, -0.2) is 43.9 Å². The van der Waals surface area contributed by atoms with Gasteiger partial charge in [-0.15, -0.1) is 0 Å². The molecule has 0 fully saturated rings. The summed E-state index contributed by atoms with van der Waals surface area (Å²) in [6.07, 6.45) is 0.834. The quantitative estimate of drug-likeness (QED) is 0.0336. The van der Waals surface area contributed by atoms with Gasteiger partial charge < -0.3 is 20.8 Å². The summed E-state index contributed by atoms with van der Waals surface area (Å²) in [5, 5.41) is 26.2. The van der Waals surface area contributed by atoms with Gasteiger partial charge in [0, 0.05) is 36.9 Å². The maximum absolute atomic E-state index is 13.9. The molecule has 1 aliphatic rings. The third-order valence-corrected chi connectivity index (χ3v) is 7.32. The van der Waals surface area contributed by atoms with Gasteiger partial charge in [0.25, 0.3) is 0 Å². The first-order valence-electron chi connectivity index (χ1n) is 14.0. The predicted molar refractivity (Wildman–Crippen MR) is 157 cm³/mol. The van der Waals surface area contributed by atoms with Crippen molar-refractivity contribution in [1.29, 1.82) is 0 Å². The number of benzene rings is 4. The van der Waals surface area contributed by atoms with Gasteiger partial charge in [-0.1, -0.05) is 0 Å². The standard InChI is InChI=1S/C32H18F10N4O4/c33-21-11(22(34)26(38)29(41)25(21)37)9-43-5-7-45-13-1-2-14(18-17(13)31(49)19-15(47)3-4-16(48)20(19)32(18)50)46-8-6-44-10-12-23(35)27(39)30(42)28(40)24(12)36/h1-4,9-10,45-48H,5-8H2/b43-9+,44-10+. The topological polar surface area (TPSA) is 123 Å². The molecule has 0 atom stereocenters. The molecule has 8 nitrogen and oxygen atoms in total. The molecule has 0 saturated carbocycles. The Morgan fingerprint density at radius 2 is 0.780 bits per heavy atom. The van der Waals surface area contributed by atoms with Crippen LogP contribution >= 0.6 is 0 Å². The highest BCUT2D eigenvalue weighted by atomic mass is 19.2. The molecular weight excluding hydrogens is 694 g/mol. The van der Waals surface area contributed by atoms with Gasteiger partial charge in [-0.2, -0.15) is 0 Å². The van der Waals surface area contributed by atoms with Crippen LogP contribution in [0.3, 0.4) is 0 Å². The molecule has 1 aliphatic carbocycles. The molecule has 4 N–H and O–H groups in total. The van der Waals surface area contributed by atoms with Crippen LogP contribution < -0.4 is 10.6 Å². The van der Waals surface area contributed by atoms with Gasteiger partial charge in [0.15, 0.2) is 46.5 Å². The number of aliphatic imine (C=N–C) groups is 2. The lowest BCUT2D eigenvalue weighted by Crippen LogP contribution is -2.25. The van der Waals surface area contributed by atoms with Crippen LogP contribution in [-0.4, -0.2) is 60.4 Å². The normalized spacial score (nSPS) is 12.6. The number of hydrogen-bond acceptors (Lipinski definition) is 8. The Hall–Kier alpha value is -5.94. The number of nitrogens with one attached hydrogen (secondary N) is 2. The lowest BCUT2D eigenvalue weighted by molar-refractivity contribution is 0.0975. The summed E-state index contributed by atoms with van der Waals surface area (Å²) in [4.78, 5) is 34.5. The van der Waals surface area contributed by atoms with E-state index in [4.69, 9.17) is 0 Å². The first kappa shape index (κ1) is 35.4.